The molecular weight excluding hydrogens is 124 g/mol. The van der Waals surface area contributed by atoms with Crippen LogP contribution >= 0.6 is 0 Å². The molecule has 0 bridgehead atoms. The number of hydrogen-bond donors (Lipinski definition) is 1. The van der Waals surface area contributed by atoms with Gasteiger partial charge in [0.2, 0.25) is 0 Å². The van der Waals surface area contributed by atoms with E-state index in [9.17, 15) is 5.11 Å². The van der Waals surface area contributed by atoms with Gasteiger partial charge in [0.1, 0.15) is 5.75 Å². The number of rotatable bonds is 1. The smallest absolute Gasteiger partial charge is 0.119 e. The van der Waals surface area contributed by atoms with Gasteiger partial charge in [-0.15, -0.1) is 0 Å². The predicted molar refractivity (Wildman–Crippen MR) is 41.1 cm³/mol. The van der Waals surface area contributed by atoms with Crippen molar-refractivity contribution >= 4 is 0 Å². The minimum Gasteiger partial charge on any atom is -0.508 e. The maximum Gasteiger partial charge on any atom is 0.119 e. The summed E-state index contributed by atoms with van der Waals surface area (Å²) in [5.74, 6) is 0.388. The molecule has 0 aliphatic carbocycles. The molecule has 0 aliphatic rings. The van der Waals surface area contributed by atoms with Crippen LogP contribution in [0.4, 0.5) is 0 Å². The van der Waals surface area contributed by atoms with E-state index in [1.165, 1.54) is 0 Å². The van der Waals surface area contributed by atoms with Gasteiger partial charge >= 0.3 is 0 Å². The van der Waals surface area contributed by atoms with Gasteiger partial charge in [0.05, 0.1) is 0 Å². The van der Waals surface area contributed by atoms with Crippen molar-refractivity contribution in [3.63, 3.8) is 0 Å². The van der Waals surface area contributed by atoms with Crippen LogP contribution in [0.25, 0.3) is 0 Å². The fourth-order valence-electron chi connectivity index (χ4n) is 1.07. The lowest BCUT2D eigenvalue weighted by Crippen LogP contribution is -1.85. The van der Waals surface area contributed by atoms with Crippen molar-refractivity contribution in [3.05, 3.63) is 29.3 Å². The number of benzene rings is 1. The van der Waals surface area contributed by atoms with Gasteiger partial charge in [0.25, 0.3) is 0 Å². The summed E-state index contributed by atoms with van der Waals surface area (Å²) in [6, 6.07) is 6.44. The first kappa shape index (κ1) is 7.13. The first-order chi connectivity index (χ1) is 4.75. The SMILES string of the molecule is CCc1c(C)[c]ccc1O. The molecule has 0 spiro atoms. The Labute approximate surface area is 61.3 Å². The molecule has 0 unspecified atom stereocenters. The van der Waals surface area contributed by atoms with Gasteiger partial charge in [-0.25, -0.2) is 0 Å². The molecule has 0 aliphatic heterocycles. The molecule has 1 N–H and O–H groups in total. The van der Waals surface area contributed by atoms with E-state index in [1.807, 2.05) is 13.8 Å². The highest BCUT2D eigenvalue weighted by molar-refractivity contribution is 5.37. The first-order valence-electron chi connectivity index (χ1n) is 3.44. The van der Waals surface area contributed by atoms with Crippen LogP contribution in [-0.4, -0.2) is 5.11 Å². The van der Waals surface area contributed by atoms with Crippen LogP contribution in [0.5, 0.6) is 5.75 Å². The third-order valence-corrected chi connectivity index (χ3v) is 1.66. The molecule has 0 saturated carbocycles. The van der Waals surface area contributed by atoms with E-state index in [2.05, 4.69) is 6.07 Å². The summed E-state index contributed by atoms with van der Waals surface area (Å²) >= 11 is 0. The van der Waals surface area contributed by atoms with Crippen LogP contribution in [0.15, 0.2) is 12.1 Å². The molecule has 0 atom stereocenters. The lowest BCUT2D eigenvalue weighted by atomic mass is 10.1. The van der Waals surface area contributed by atoms with Gasteiger partial charge in [0.15, 0.2) is 0 Å². The number of phenols is 1. The summed E-state index contributed by atoms with van der Waals surface area (Å²) in [6.45, 7) is 3.98. The minimum atomic E-state index is 0.388. The highest BCUT2D eigenvalue weighted by atomic mass is 16.3. The van der Waals surface area contributed by atoms with E-state index in [0.717, 1.165) is 17.5 Å². The minimum absolute atomic E-state index is 0.388. The van der Waals surface area contributed by atoms with Gasteiger partial charge in [-0.05, 0) is 36.6 Å². The fourth-order valence-corrected chi connectivity index (χ4v) is 1.07. The number of aryl methyl sites for hydroxylation is 1. The average Bonchev–Trinajstić information content (AvgIpc) is 1.88. The number of phenolic OH excluding ortho intramolecular Hbond substituents is 1. The molecule has 1 rings (SSSR count). The van der Waals surface area contributed by atoms with Gasteiger partial charge in [-0.3, -0.25) is 0 Å². The topological polar surface area (TPSA) is 20.2 Å². The average molecular weight is 135 g/mol. The Balaban J connectivity index is 3.17. The Morgan fingerprint density at radius 1 is 1.60 bits per heavy atom. The summed E-state index contributed by atoms with van der Waals surface area (Å²) in [4.78, 5) is 0. The van der Waals surface area contributed by atoms with Gasteiger partial charge in [-0.2, -0.15) is 0 Å². The zero-order valence-electron chi connectivity index (χ0n) is 6.31. The van der Waals surface area contributed by atoms with E-state index in [-0.39, 0.29) is 0 Å². The van der Waals surface area contributed by atoms with E-state index >= 15 is 0 Å². The summed E-state index contributed by atoms with van der Waals surface area (Å²) < 4.78 is 0. The maximum atomic E-state index is 9.27. The second-order valence-electron chi connectivity index (χ2n) is 2.32. The second-order valence-corrected chi connectivity index (χ2v) is 2.32. The number of aromatic hydroxyl groups is 1. The van der Waals surface area contributed by atoms with E-state index in [1.54, 1.807) is 12.1 Å². The second kappa shape index (κ2) is 2.74. The normalized spacial score (nSPS) is 9.80. The zero-order valence-corrected chi connectivity index (χ0v) is 6.31. The molecule has 0 aromatic heterocycles. The zero-order chi connectivity index (χ0) is 7.56. The monoisotopic (exact) mass is 135 g/mol. The quantitative estimate of drug-likeness (QED) is 0.625. The molecule has 0 fully saturated rings. The van der Waals surface area contributed by atoms with Crippen LogP contribution < -0.4 is 0 Å². The number of hydrogen-bond acceptors (Lipinski definition) is 1. The van der Waals surface area contributed by atoms with Crippen molar-refractivity contribution in [2.24, 2.45) is 0 Å². The van der Waals surface area contributed by atoms with E-state index in [4.69, 9.17) is 0 Å². The van der Waals surface area contributed by atoms with Crippen molar-refractivity contribution in [2.75, 3.05) is 0 Å². The fraction of sp³-hybridized carbons (Fsp3) is 0.333. The Bertz CT molecular complexity index is 208. The molecular formula is C9H11O. The van der Waals surface area contributed by atoms with Crippen molar-refractivity contribution in [1.82, 2.24) is 0 Å². The highest BCUT2D eigenvalue weighted by Crippen LogP contribution is 2.19. The van der Waals surface area contributed by atoms with E-state index in [0.29, 0.717) is 5.75 Å². The molecule has 0 saturated heterocycles. The summed E-state index contributed by atoms with van der Waals surface area (Å²) in [5, 5.41) is 9.27. The molecule has 1 nitrogen and oxygen atoms in total. The van der Waals surface area contributed by atoms with Crippen molar-refractivity contribution in [2.45, 2.75) is 20.3 Å². The molecule has 1 aromatic carbocycles. The van der Waals surface area contributed by atoms with Crippen LogP contribution in [-0.2, 0) is 6.42 Å². The third-order valence-electron chi connectivity index (χ3n) is 1.66. The summed E-state index contributed by atoms with van der Waals surface area (Å²) in [5.41, 5.74) is 2.05. The molecule has 0 amide bonds. The van der Waals surface area contributed by atoms with E-state index < -0.39 is 0 Å². The Kier molecular flexibility index (Phi) is 1.95. The molecule has 1 aromatic rings. The summed E-state index contributed by atoms with van der Waals surface area (Å²) in [7, 11) is 0. The Morgan fingerprint density at radius 3 is 2.70 bits per heavy atom. The lowest BCUT2D eigenvalue weighted by Gasteiger charge is -2.02. The summed E-state index contributed by atoms with van der Waals surface area (Å²) in [6.07, 6.45) is 0.870. The predicted octanol–water partition coefficient (Wildman–Crippen LogP) is 2.06. The van der Waals surface area contributed by atoms with Gasteiger partial charge < -0.3 is 5.11 Å². The molecule has 0 heterocycles. The van der Waals surface area contributed by atoms with Crippen LogP contribution in [0.1, 0.15) is 18.1 Å². The standard InChI is InChI=1S/C9H11O/c1-3-8-7(2)5-4-6-9(8)10/h4,6,10H,3H2,1-2H3. The maximum absolute atomic E-state index is 9.27. The lowest BCUT2D eigenvalue weighted by molar-refractivity contribution is 0.468. The van der Waals surface area contributed by atoms with Crippen molar-refractivity contribution < 1.29 is 5.11 Å². The largest absolute Gasteiger partial charge is 0.508 e. The first-order valence-corrected chi connectivity index (χ1v) is 3.44. The Hall–Kier alpha value is -0.980. The van der Waals surface area contributed by atoms with Crippen LogP contribution in [0.3, 0.4) is 0 Å². The third kappa shape index (κ3) is 1.13. The molecule has 53 valence electrons. The van der Waals surface area contributed by atoms with Crippen molar-refractivity contribution in [1.29, 1.82) is 0 Å². The highest BCUT2D eigenvalue weighted by Gasteiger charge is 1.99. The van der Waals surface area contributed by atoms with Crippen LogP contribution in [0, 0.1) is 13.0 Å². The van der Waals surface area contributed by atoms with Gasteiger partial charge in [-0.1, -0.05) is 13.0 Å². The van der Waals surface area contributed by atoms with Gasteiger partial charge in [0, 0.05) is 0 Å². The van der Waals surface area contributed by atoms with Crippen LogP contribution in [0.2, 0.25) is 0 Å². The van der Waals surface area contributed by atoms with Crippen molar-refractivity contribution in [3.8, 4) is 5.75 Å². The molecule has 1 radical (unpaired) electrons. The molecule has 1 heteroatoms. The molecule has 10 heavy (non-hydrogen) atoms. The Morgan fingerprint density at radius 2 is 2.30 bits per heavy atom.